The molecule has 1 aliphatic heterocycles. The van der Waals surface area contributed by atoms with Crippen molar-refractivity contribution in [2.75, 3.05) is 38.5 Å². The Labute approximate surface area is 432 Å². The normalized spacial score (nSPS) is 18.6. The molecule has 22 heteroatoms. The second-order valence-electron chi connectivity index (χ2n) is 18.4. The summed E-state index contributed by atoms with van der Waals surface area (Å²) < 4.78 is 34.1. The number of rotatable bonds is 9. The number of amides is 1. The predicted octanol–water partition coefficient (Wildman–Crippen LogP) is 5.72. The molecule has 7 heterocycles. The van der Waals surface area contributed by atoms with Crippen LogP contribution in [0, 0.1) is 42.9 Å². The van der Waals surface area contributed by atoms with E-state index in [0.29, 0.717) is 60.0 Å². The molecule has 11 rings (SSSR count). The zero-order valence-electron chi connectivity index (χ0n) is 42.1. The van der Waals surface area contributed by atoms with Crippen LogP contribution in [0.1, 0.15) is 99.0 Å². The molecular formula is C48H60BN12O8U. The number of nitrogens with zero attached hydrogens (tertiary/aromatic N) is 10. The van der Waals surface area contributed by atoms with Crippen molar-refractivity contribution in [3.05, 3.63) is 97.1 Å². The summed E-state index contributed by atoms with van der Waals surface area (Å²) in [6.45, 7) is 9.46. The number of carbonyl (C=O) groups is 2. The summed E-state index contributed by atoms with van der Waals surface area (Å²) in [5, 5.41) is 51.0. The molecule has 367 valence electrons. The van der Waals surface area contributed by atoms with Crippen molar-refractivity contribution in [2.24, 2.45) is 11.8 Å². The van der Waals surface area contributed by atoms with Crippen LogP contribution in [-0.4, -0.2) is 126 Å². The van der Waals surface area contributed by atoms with E-state index in [-0.39, 0.29) is 54.5 Å². The van der Waals surface area contributed by atoms with Crippen LogP contribution >= 0.6 is 0 Å². The molecule has 2 aromatic carbocycles. The molecule has 3 aliphatic rings. The molecule has 3 fully saturated rings. The number of carbonyl (C=O) groups excluding carboxylic acids is 1. The molecule has 0 atom stereocenters. The maximum absolute atomic E-state index is 12.9. The fraction of sp³-hybridized carbons (Fsp3) is 0.417. The van der Waals surface area contributed by atoms with Gasteiger partial charge >= 0.3 is 5.97 Å². The molecule has 2 saturated carbocycles. The van der Waals surface area contributed by atoms with E-state index >= 15 is 0 Å². The number of nitrogens with two attached hydrogens (primary N) is 1. The van der Waals surface area contributed by atoms with E-state index in [0.717, 1.165) is 60.7 Å². The molecule has 1 radical (unpaired) electrons. The van der Waals surface area contributed by atoms with Crippen LogP contribution in [0.2, 0.25) is 0 Å². The Kier molecular flexibility index (Phi) is 16.1. The van der Waals surface area contributed by atoms with Gasteiger partial charge in [-0.05, 0) is 105 Å². The van der Waals surface area contributed by atoms with Gasteiger partial charge in [0.25, 0.3) is 5.91 Å². The van der Waals surface area contributed by atoms with Crippen molar-refractivity contribution >= 4 is 64.7 Å². The van der Waals surface area contributed by atoms with Gasteiger partial charge in [0, 0.05) is 104 Å². The summed E-state index contributed by atoms with van der Waals surface area (Å²) in [6.07, 6.45) is 19.6. The first-order chi connectivity index (χ1) is 33.9. The topological polar surface area (TPSA) is 257 Å². The monoisotopic (exact) mass is 1190 g/mol. The Hall–Kier alpha value is -6.04. The number of benzene rings is 2. The second kappa shape index (κ2) is 22.4. The fourth-order valence-corrected chi connectivity index (χ4v) is 8.40. The maximum Gasteiger partial charge on any atom is 0.341 e. The number of aliphatic hydroxyl groups is 2. The second-order valence-corrected chi connectivity index (χ2v) is 18.4. The van der Waals surface area contributed by atoms with Crippen LogP contribution in [0.3, 0.4) is 0 Å². The number of aromatic carboxylic acids is 1. The SMILES string of the molecule is C1CCOC1.COc1cc2nn(C3CC(C(C)(C)O)C3)cc2cc1N.COc1cc2nn(C3CC(C(C)(C)O)C3)cc2cc1NC(=O)c1cnn2cccnc12.O=C(O)c1cnn2cccnc12.[3H][B][3H].[U]. The van der Waals surface area contributed by atoms with Crippen LogP contribution in [0.25, 0.3) is 33.1 Å². The van der Waals surface area contributed by atoms with Crippen molar-refractivity contribution in [3.63, 3.8) is 0 Å². The molecule has 2 aliphatic carbocycles. The van der Waals surface area contributed by atoms with E-state index in [1.54, 1.807) is 49.5 Å². The number of hydrogen-bond donors (Lipinski definition) is 5. The summed E-state index contributed by atoms with van der Waals surface area (Å²) in [5.74, 6) is 0.478. The van der Waals surface area contributed by atoms with Gasteiger partial charge in [-0.3, -0.25) is 14.2 Å². The van der Waals surface area contributed by atoms with E-state index in [1.165, 1.54) is 35.9 Å². The van der Waals surface area contributed by atoms with Crippen molar-refractivity contribution in [3.8, 4) is 11.5 Å². The van der Waals surface area contributed by atoms with Crippen LogP contribution in [0.5, 0.6) is 11.5 Å². The molecular weight excluding hydrogens is 1120 g/mol. The Morgan fingerprint density at radius 1 is 0.786 bits per heavy atom. The number of anilines is 2. The van der Waals surface area contributed by atoms with Gasteiger partial charge in [0.2, 0.25) is 0 Å². The number of nitrogens with one attached hydrogen (secondary N) is 1. The minimum Gasteiger partial charge on any atom is -0.495 e. The van der Waals surface area contributed by atoms with Crippen molar-refractivity contribution < 1.29 is 70.2 Å². The van der Waals surface area contributed by atoms with Gasteiger partial charge in [0.05, 0.1) is 80.6 Å². The van der Waals surface area contributed by atoms with E-state index in [4.69, 9.17) is 27.7 Å². The minimum atomic E-state index is -1.01. The Balaban J connectivity index is 0.000000176. The first-order valence-electron chi connectivity index (χ1n) is 23.7. The summed E-state index contributed by atoms with van der Waals surface area (Å²) in [5.41, 5.74) is 8.86. The number of nitrogen functional groups attached to an aromatic ring is 1. The Bertz CT molecular complexity index is 3080. The molecule has 8 aromatic rings. The van der Waals surface area contributed by atoms with Gasteiger partial charge in [-0.1, -0.05) is 0 Å². The molecule has 0 spiro atoms. The third-order valence-electron chi connectivity index (χ3n) is 12.8. The van der Waals surface area contributed by atoms with Crippen molar-refractivity contribution in [2.45, 2.75) is 89.5 Å². The third kappa shape index (κ3) is 11.9. The summed E-state index contributed by atoms with van der Waals surface area (Å²) in [4.78, 5) is 31.6. The number of carboxylic acids is 1. The number of carboxylic acid groups (broad SMARTS) is 1. The van der Waals surface area contributed by atoms with Gasteiger partial charge in [-0.2, -0.15) is 20.4 Å². The Morgan fingerprint density at radius 2 is 1.26 bits per heavy atom. The number of methoxy groups -OCH3 is 2. The maximum atomic E-state index is 12.9. The molecule has 6 N–H and O–H groups in total. The molecule has 6 aromatic heterocycles. The van der Waals surface area contributed by atoms with Gasteiger partial charge in [-0.25, -0.2) is 23.8 Å². The quantitative estimate of drug-likeness (QED) is 0.0856. The third-order valence-corrected chi connectivity index (χ3v) is 12.8. The largest absolute Gasteiger partial charge is 0.495 e. The van der Waals surface area contributed by atoms with E-state index in [2.05, 4.69) is 35.7 Å². The number of fused-ring (bicyclic) bond motifs is 4. The molecule has 70 heavy (non-hydrogen) atoms. The zero-order chi connectivity index (χ0) is 51.0. The van der Waals surface area contributed by atoms with Gasteiger partial charge in [0.15, 0.2) is 11.3 Å². The van der Waals surface area contributed by atoms with E-state index in [1.807, 2.05) is 73.7 Å². The zero-order valence-corrected chi connectivity index (χ0v) is 44.2. The van der Waals surface area contributed by atoms with Crippen molar-refractivity contribution in [1.29, 1.82) is 2.67 Å². The fourth-order valence-electron chi connectivity index (χ4n) is 8.40. The summed E-state index contributed by atoms with van der Waals surface area (Å²) in [6, 6.07) is 11.5. The van der Waals surface area contributed by atoms with Gasteiger partial charge < -0.3 is 40.6 Å². The summed E-state index contributed by atoms with van der Waals surface area (Å²) >= 11 is 0. The van der Waals surface area contributed by atoms with E-state index in [9.17, 15) is 19.8 Å². The molecule has 0 bridgehead atoms. The van der Waals surface area contributed by atoms with Gasteiger partial charge in [-0.15, -0.1) is 0 Å². The molecule has 20 nitrogen and oxygen atoms in total. The van der Waals surface area contributed by atoms with Crippen LogP contribution in [0.15, 0.2) is 86.0 Å². The van der Waals surface area contributed by atoms with Crippen molar-refractivity contribution in [1.82, 2.24) is 48.8 Å². The molecule has 1 amide bonds. The van der Waals surface area contributed by atoms with Gasteiger partial charge in [0.1, 0.15) is 22.6 Å². The standard InChI is InChI=1S/C22H24N6O3.C15H21N3O2.C7H5N3O2.C4H8O.BH2.U/c1-22(2,30)14-8-15(9-14)28-12-13-7-18(19(31-3)10-17(13)26-28)25-21(29)16-11-24-27-6-4-5-23-20(16)27;1-15(2,19)10-5-11(6-10)18-8-9-4-12(16)14(20-3)7-13(9)17-18;11-7(12)5-4-9-10-3-1-2-8-6(5)10;1-2-4-5-3-1;;/h4-7,10-12,14-15,30H,8-9H2,1-3H3,(H,25,29);4,7-8,10-11,19H,5-6,16H2,1-3H3;1-4H,(H,11,12);1-4H2;1H2;/i;;;;1T2;. The van der Waals surface area contributed by atoms with Crippen LogP contribution < -0.4 is 20.5 Å². The molecule has 1 saturated heterocycles. The average molecular weight is 1190 g/mol. The minimum absolute atomic E-state index is 0. The first kappa shape index (κ1) is 50.3. The molecule has 0 unspecified atom stereocenters. The number of hydrogen-bond acceptors (Lipinski definition) is 14. The Morgan fingerprint density at radius 3 is 1.71 bits per heavy atom. The van der Waals surface area contributed by atoms with Crippen LogP contribution in [-0.2, 0) is 4.74 Å². The summed E-state index contributed by atoms with van der Waals surface area (Å²) in [7, 11) is 3.67. The number of aromatic nitrogens is 10. The predicted molar refractivity (Wildman–Crippen MR) is 263 cm³/mol. The smallest absolute Gasteiger partial charge is 0.341 e. The number of ether oxygens (including phenoxy) is 3. The average Bonchev–Trinajstić information content (AvgIpc) is 4.15. The first-order valence-corrected chi connectivity index (χ1v) is 22.5. The van der Waals surface area contributed by atoms with Crippen LogP contribution in [0.4, 0.5) is 11.4 Å². The van der Waals surface area contributed by atoms with E-state index < -0.39 is 17.2 Å².